The van der Waals surface area contributed by atoms with Crippen molar-refractivity contribution in [2.75, 3.05) is 17.2 Å². The Bertz CT molecular complexity index is 1760. The minimum Gasteiger partial charge on any atom is -0.387 e. The predicted molar refractivity (Wildman–Crippen MR) is 170 cm³/mol. The summed E-state index contributed by atoms with van der Waals surface area (Å²) in [5.74, 6) is 3.14. The second-order valence-corrected chi connectivity index (χ2v) is 12.7. The van der Waals surface area contributed by atoms with Gasteiger partial charge in [-0.1, -0.05) is 79.2 Å². The Morgan fingerprint density at radius 3 is 2.35 bits per heavy atom. The van der Waals surface area contributed by atoms with Gasteiger partial charge in [0.05, 0.1) is 6.33 Å². The molecule has 3 aromatic heterocycles. The SMILES string of the molecule is CCc1noc([C@H]2O[C@@H](n3cnc4c(NCC(c5ccccc5)c5ccccc5)nc(NC5CC6CCC5C6)nc43)[C@H](O)[C@@H]2O)n1. The number of aryl methyl sites for hydroxylation is 1. The van der Waals surface area contributed by atoms with Crippen LogP contribution in [0, 0.1) is 11.8 Å². The van der Waals surface area contributed by atoms with Gasteiger partial charge in [0.15, 0.2) is 35.1 Å². The van der Waals surface area contributed by atoms with Crippen molar-refractivity contribution in [2.24, 2.45) is 11.8 Å². The predicted octanol–water partition coefficient (Wildman–Crippen LogP) is 4.61. The summed E-state index contributed by atoms with van der Waals surface area (Å²) in [4.78, 5) is 18.9. The summed E-state index contributed by atoms with van der Waals surface area (Å²) in [6.07, 6.45) is 2.48. The van der Waals surface area contributed by atoms with Gasteiger partial charge in [0.1, 0.15) is 12.2 Å². The molecule has 0 radical (unpaired) electrons. The van der Waals surface area contributed by atoms with Crippen LogP contribution in [0.3, 0.4) is 0 Å². The van der Waals surface area contributed by atoms with E-state index in [0.717, 1.165) is 12.3 Å². The Balaban J connectivity index is 1.14. The minimum atomic E-state index is -1.28. The Morgan fingerprint density at radius 1 is 0.935 bits per heavy atom. The zero-order valence-electron chi connectivity index (χ0n) is 25.6. The number of rotatable bonds is 10. The number of ether oxygens (including phenoxy) is 1. The molecule has 3 fully saturated rings. The van der Waals surface area contributed by atoms with Crippen molar-refractivity contribution in [3.05, 3.63) is 89.8 Å². The van der Waals surface area contributed by atoms with E-state index in [1.165, 1.54) is 30.4 Å². The molecule has 0 amide bonds. The molecular formula is C34H38N8O4. The monoisotopic (exact) mass is 622 g/mol. The lowest BCUT2D eigenvalue weighted by atomic mass is 9.91. The van der Waals surface area contributed by atoms with Crippen LogP contribution in [0.1, 0.15) is 73.7 Å². The number of nitrogens with zero attached hydrogens (tertiary/aromatic N) is 6. The van der Waals surface area contributed by atoms with Crippen LogP contribution in [0.25, 0.3) is 11.2 Å². The van der Waals surface area contributed by atoms with E-state index in [9.17, 15) is 10.2 Å². The van der Waals surface area contributed by atoms with E-state index in [-0.39, 0.29) is 11.8 Å². The fraction of sp³-hybridized carbons (Fsp3) is 0.441. The van der Waals surface area contributed by atoms with Gasteiger partial charge in [-0.25, -0.2) is 4.98 Å². The maximum atomic E-state index is 11.2. The van der Waals surface area contributed by atoms with Gasteiger partial charge < -0.3 is 30.1 Å². The molecule has 238 valence electrons. The number of imidazole rings is 1. The molecule has 3 unspecified atom stereocenters. The van der Waals surface area contributed by atoms with Crippen LogP contribution in [-0.2, 0) is 11.2 Å². The zero-order chi connectivity index (χ0) is 31.2. The van der Waals surface area contributed by atoms with Crippen molar-refractivity contribution in [1.29, 1.82) is 0 Å². The van der Waals surface area contributed by atoms with Gasteiger partial charge in [-0.15, -0.1) is 0 Å². The highest BCUT2D eigenvalue weighted by Gasteiger charge is 2.48. The van der Waals surface area contributed by atoms with Crippen molar-refractivity contribution < 1.29 is 19.5 Å². The molecule has 7 atom stereocenters. The number of aromatic nitrogens is 6. The van der Waals surface area contributed by atoms with E-state index >= 15 is 0 Å². The second kappa shape index (κ2) is 12.1. The van der Waals surface area contributed by atoms with Crippen molar-refractivity contribution in [1.82, 2.24) is 29.7 Å². The largest absolute Gasteiger partial charge is 0.387 e. The lowest BCUT2D eigenvalue weighted by Gasteiger charge is -2.24. The van der Waals surface area contributed by atoms with E-state index < -0.39 is 24.5 Å². The maximum Gasteiger partial charge on any atom is 0.258 e. The zero-order valence-corrected chi connectivity index (χ0v) is 25.6. The quantitative estimate of drug-likeness (QED) is 0.173. The summed E-state index contributed by atoms with van der Waals surface area (Å²) in [5, 5.41) is 33.3. The molecular weight excluding hydrogens is 584 g/mol. The van der Waals surface area contributed by atoms with Crippen LogP contribution in [0.15, 0.2) is 71.5 Å². The van der Waals surface area contributed by atoms with E-state index in [0.29, 0.717) is 53.7 Å². The summed E-state index contributed by atoms with van der Waals surface area (Å²) >= 11 is 0. The number of aliphatic hydroxyl groups is 2. The smallest absolute Gasteiger partial charge is 0.258 e. The van der Waals surface area contributed by atoms with Crippen molar-refractivity contribution in [3.8, 4) is 0 Å². The molecule has 12 nitrogen and oxygen atoms in total. The number of nitrogens with one attached hydrogen (secondary N) is 2. The van der Waals surface area contributed by atoms with Crippen LogP contribution in [0.4, 0.5) is 11.8 Å². The van der Waals surface area contributed by atoms with Crippen LogP contribution >= 0.6 is 0 Å². The molecule has 3 aliphatic rings. The molecule has 4 N–H and O–H groups in total. The molecule has 4 heterocycles. The molecule has 2 bridgehead atoms. The van der Waals surface area contributed by atoms with E-state index in [1.54, 1.807) is 10.9 Å². The molecule has 8 rings (SSSR count). The summed E-state index contributed by atoms with van der Waals surface area (Å²) in [6, 6.07) is 21.1. The summed E-state index contributed by atoms with van der Waals surface area (Å²) in [7, 11) is 0. The van der Waals surface area contributed by atoms with Gasteiger partial charge in [0, 0.05) is 24.9 Å². The van der Waals surface area contributed by atoms with Crippen LogP contribution in [0.2, 0.25) is 0 Å². The highest BCUT2D eigenvalue weighted by atomic mass is 16.6. The number of aliphatic hydroxyl groups excluding tert-OH is 2. The standard InChI is InChI=1S/C34H38N8O4/c1-2-25-38-32(46-41-25)29-27(43)28(44)33(45-29)42-18-36-26-30(39-34(40-31(26)42)37-24-16-19-13-14-22(24)15-19)35-17-23(20-9-5-3-6-10-20)21-11-7-4-8-12-21/h3-12,18-19,22-24,27-29,33,43-44H,2,13-17H2,1H3,(H2,35,37,39,40)/t19?,22?,24?,27-,28+,29-,33+/m0/s1. The molecule has 2 saturated carbocycles. The number of benzene rings is 2. The molecule has 0 spiro atoms. The van der Waals surface area contributed by atoms with Crippen molar-refractivity contribution in [2.45, 2.75) is 75.5 Å². The lowest BCUT2D eigenvalue weighted by Crippen LogP contribution is -2.29. The van der Waals surface area contributed by atoms with E-state index in [4.69, 9.17) is 24.2 Å². The molecule has 2 aliphatic carbocycles. The van der Waals surface area contributed by atoms with Crippen LogP contribution in [-0.4, -0.2) is 64.7 Å². The van der Waals surface area contributed by atoms with Gasteiger partial charge >= 0.3 is 0 Å². The van der Waals surface area contributed by atoms with Gasteiger partial charge in [0.25, 0.3) is 5.89 Å². The Morgan fingerprint density at radius 2 is 1.70 bits per heavy atom. The highest BCUT2D eigenvalue weighted by Crippen LogP contribution is 2.46. The third-order valence-electron chi connectivity index (χ3n) is 9.91. The average Bonchev–Trinajstić information content (AvgIpc) is 3.93. The number of anilines is 2. The number of hydrogen-bond acceptors (Lipinski definition) is 11. The minimum absolute atomic E-state index is 0.0646. The highest BCUT2D eigenvalue weighted by molar-refractivity contribution is 5.84. The molecule has 5 aromatic rings. The Labute approximate surface area is 266 Å². The van der Waals surface area contributed by atoms with Crippen molar-refractivity contribution in [3.63, 3.8) is 0 Å². The normalized spacial score (nSPS) is 27.2. The van der Waals surface area contributed by atoms with Crippen LogP contribution in [0.5, 0.6) is 0 Å². The third-order valence-corrected chi connectivity index (χ3v) is 9.91. The maximum absolute atomic E-state index is 11.2. The first-order valence-corrected chi connectivity index (χ1v) is 16.2. The van der Waals surface area contributed by atoms with Gasteiger partial charge in [-0.3, -0.25) is 4.57 Å². The average molecular weight is 623 g/mol. The molecule has 1 saturated heterocycles. The summed E-state index contributed by atoms with van der Waals surface area (Å²) in [6.45, 7) is 2.48. The summed E-state index contributed by atoms with van der Waals surface area (Å²) in [5.41, 5.74) is 3.40. The fourth-order valence-corrected chi connectivity index (χ4v) is 7.50. The molecule has 1 aliphatic heterocycles. The van der Waals surface area contributed by atoms with Crippen LogP contribution < -0.4 is 10.6 Å². The van der Waals surface area contributed by atoms with E-state index in [1.807, 2.05) is 19.1 Å². The van der Waals surface area contributed by atoms with Crippen molar-refractivity contribution >= 4 is 22.9 Å². The van der Waals surface area contributed by atoms with E-state index in [2.05, 4.69) is 69.3 Å². The molecule has 12 heteroatoms. The second-order valence-electron chi connectivity index (χ2n) is 12.7. The molecule has 46 heavy (non-hydrogen) atoms. The first-order valence-electron chi connectivity index (χ1n) is 16.2. The Hall–Kier alpha value is -4.39. The van der Waals surface area contributed by atoms with Gasteiger partial charge in [0.2, 0.25) is 5.95 Å². The fourth-order valence-electron chi connectivity index (χ4n) is 7.50. The molecule has 2 aromatic carbocycles. The third kappa shape index (κ3) is 5.29. The Kier molecular flexibility index (Phi) is 7.63. The first kappa shape index (κ1) is 29.0. The number of fused-ring (bicyclic) bond motifs is 3. The van der Waals surface area contributed by atoms with Gasteiger partial charge in [-0.05, 0) is 42.2 Å². The topological polar surface area (TPSA) is 156 Å². The van der Waals surface area contributed by atoms with Gasteiger partial charge in [-0.2, -0.15) is 15.0 Å². The lowest BCUT2D eigenvalue weighted by molar-refractivity contribution is -0.0451. The number of hydrogen-bond donors (Lipinski definition) is 4. The summed E-state index contributed by atoms with van der Waals surface area (Å²) < 4.78 is 13.2. The first-order chi connectivity index (χ1) is 22.6.